The summed E-state index contributed by atoms with van der Waals surface area (Å²) in [6.45, 7) is 8.82. The monoisotopic (exact) mass is 451 g/mol. The van der Waals surface area contributed by atoms with Crippen LogP contribution in [0, 0.1) is 12.8 Å². The van der Waals surface area contributed by atoms with Crippen molar-refractivity contribution in [1.29, 1.82) is 0 Å². The van der Waals surface area contributed by atoms with Crippen molar-refractivity contribution in [2.75, 3.05) is 13.1 Å². The van der Waals surface area contributed by atoms with Gasteiger partial charge in [-0.05, 0) is 57.1 Å². The highest BCUT2D eigenvalue weighted by Gasteiger charge is 2.28. The molecule has 1 heterocycles. The Morgan fingerprint density at radius 3 is 2.45 bits per heavy atom. The number of rotatable bonds is 10. The number of benzene rings is 1. The van der Waals surface area contributed by atoms with Gasteiger partial charge >= 0.3 is 0 Å². The fourth-order valence-electron chi connectivity index (χ4n) is 3.97. The fourth-order valence-corrected chi connectivity index (χ4v) is 5.17. The number of nitrogens with zero attached hydrogens (tertiary/aromatic N) is 1. The summed E-state index contributed by atoms with van der Waals surface area (Å²) in [7, 11) is -3.82. The molecule has 1 aromatic rings. The van der Waals surface area contributed by atoms with Gasteiger partial charge in [0, 0.05) is 25.6 Å². The van der Waals surface area contributed by atoms with E-state index in [0.717, 1.165) is 37.8 Å². The Balaban J connectivity index is 1.96. The topological polar surface area (TPSA) is 95.6 Å². The van der Waals surface area contributed by atoms with E-state index in [1.54, 1.807) is 12.1 Å². The van der Waals surface area contributed by atoms with E-state index in [1.165, 1.54) is 12.1 Å². The van der Waals surface area contributed by atoms with E-state index in [4.69, 9.17) is 0 Å². The summed E-state index contributed by atoms with van der Waals surface area (Å²) in [6, 6.07) is 5.91. The minimum absolute atomic E-state index is 0.0486. The molecule has 1 aliphatic rings. The molecule has 1 fully saturated rings. The van der Waals surface area contributed by atoms with Gasteiger partial charge in [-0.25, -0.2) is 8.42 Å². The van der Waals surface area contributed by atoms with Crippen molar-refractivity contribution in [3.8, 4) is 0 Å². The molecule has 0 aliphatic carbocycles. The first-order chi connectivity index (χ1) is 14.6. The van der Waals surface area contributed by atoms with E-state index < -0.39 is 22.0 Å². The molecule has 7 nitrogen and oxygen atoms in total. The molecule has 2 atom stereocenters. The van der Waals surface area contributed by atoms with Crippen molar-refractivity contribution in [1.82, 2.24) is 14.9 Å². The molecule has 0 spiro atoms. The molecule has 0 bridgehead atoms. The maximum Gasteiger partial charge on any atom is 0.241 e. The number of amides is 2. The maximum atomic E-state index is 12.8. The summed E-state index contributed by atoms with van der Waals surface area (Å²) in [5.74, 6) is -0.230. The number of likely N-dealkylation sites (tertiary alicyclic amines) is 1. The van der Waals surface area contributed by atoms with E-state index in [0.29, 0.717) is 6.42 Å². The van der Waals surface area contributed by atoms with Crippen LogP contribution in [0.2, 0.25) is 0 Å². The van der Waals surface area contributed by atoms with Crippen molar-refractivity contribution in [3.63, 3.8) is 0 Å². The van der Waals surface area contributed by atoms with Gasteiger partial charge in [0.2, 0.25) is 21.8 Å². The van der Waals surface area contributed by atoms with Crippen LogP contribution < -0.4 is 10.0 Å². The number of carbonyl (C=O) groups excluding carboxylic acids is 2. The van der Waals surface area contributed by atoms with E-state index >= 15 is 0 Å². The third-order valence-corrected chi connectivity index (χ3v) is 7.20. The predicted molar refractivity (Wildman–Crippen MR) is 122 cm³/mol. The molecule has 0 radical (unpaired) electrons. The van der Waals surface area contributed by atoms with Crippen LogP contribution in [0.5, 0.6) is 0 Å². The van der Waals surface area contributed by atoms with Crippen LogP contribution in [0.3, 0.4) is 0 Å². The lowest BCUT2D eigenvalue weighted by Crippen LogP contribution is -2.48. The van der Waals surface area contributed by atoms with Crippen molar-refractivity contribution in [3.05, 3.63) is 29.8 Å². The van der Waals surface area contributed by atoms with Crippen LogP contribution >= 0.6 is 0 Å². The Morgan fingerprint density at radius 1 is 1.16 bits per heavy atom. The summed E-state index contributed by atoms with van der Waals surface area (Å²) >= 11 is 0. The number of nitrogens with one attached hydrogen (secondary N) is 2. The summed E-state index contributed by atoms with van der Waals surface area (Å²) in [6.07, 6.45) is 4.74. The largest absolute Gasteiger partial charge is 0.354 e. The highest BCUT2D eigenvalue weighted by atomic mass is 32.2. The second-order valence-corrected chi connectivity index (χ2v) is 10.5. The van der Waals surface area contributed by atoms with Crippen LogP contribution in [-0.2, 0) is 19.6 Å². The van der Waals surface area contributed by atoms with Crippen molar-refractivity contribution in [2.24, 2.45) is 5.92 Å². The molecule has 2 rings (SSSR count). The van der Waals surface area contributed by atoms with E-state index in [2.05, 4.69) is 17.0 Å². The average molecular weight is 452 g/mol. The lowest BCUT2D eigenvalue weighted by atomic mass is 9.99. The Hall–Kier alpha value is -1.93. The van der Waals surface area contributed by atoms with Gasteiger partial charge < -0.3 is 10.2 Å². The van der Waals surface area contributed by atoms with Gasteiger partial charge in [0.15, 0.2) is 0 Å². The van der Waals surface area contributed by atoms with Gasteiger partial charge in [0.1, 0.15) is 6.04 Å². The lowest BCUT2D eigenvalue weighted by molar-refractivity contribution is -0.135. The molecular formula is C23H37N3O4S. The Labute approximate surface area is 187 Å². The normalized spacial score (nSPS) is 18.1. The molecule has 8 heteroatoms. The number of aryl methyl sites for hydroxylation is 1. The molecule has 1 aliphatic heterocycles. The first-order valence-electron chi connectivity index (χ1n) is 11.3. The lowest BCUT2D eigenvalue weighted by Gasteiger charge is -2.35. The van der Waals surface area contributed by atoms with Gasteiger partial charge in [-0.15, -0.1) is 0 Å². The fraction of sp³-hybridized carbons (Fsp3) is 0.652. The predicted octanol–water partition coefficient (Wildman–Crippen LogP) is 2.99. The van der Waals surface area contributed by atoms with Gasteiger partial charge in [0.25, 0.3) is 0 Å². The smallest absolute Gasteiger partial charge is 0.241 e. The first-order valence-corrected chi connectivity index (χ1v) is 12.8. The first kappa shape index (κ1) is 25.3. The zero-order valence-electron chi connectivity index (χ0n) is 19.2. The molecular weight excluding hydrogens is 414 g/mol. The van der Waals surface area contributed by atoms with E-state index in [-0.39, 0.29) is 35.7 Å². The van der Waals surface area contributed by atoms with Crippen LogP contribution in [0.25, 0.3) is 0 Å². The van der Waals surface area contributed by atoms with Crippen molar-refractivity contribution in [2.45, 2.75) is 83.2 Å². The highest BCUT2D eigenvalue weighted by Crippen LogP contribution is 2.20. The number of sulfonamides is 1. The SMILES string of the molecule is CC[C@H]1CCCCN1C(=O)CCNC(=O)[C@H](CC(C)C)NS(=O)(=O)c1ccc(C)cc1. The summed E-state index contributed by atoms with van der Waals surface area (Å²) in [4.78, 5) is 27.4. The minimum Gasteiger partial charge on any atom is -0.354 e. The maximum absolute atomic E-state index is 12.8. The van der Waals surface area contributed by atoms with Crippen LogP contribution in [0.15, 0.2) is 29.2 Å². The quantitative estimate of drug-likeness (QED) is 0.572. The Morgan fingerprint density at radius 2 is 1.84 bits per heavy atom. The number of carbonyl (C=O) groups is 2. The molecule has 0 saturated carbocycles. The summed E-state index contributed by atoms with van der Waals surface area (Å²) < 4.78 is 28.0. The second kappa shape index (κ2) is 11.6. The van der Waals surface area contributed by atoms with Crippen molar-refractivity contribution >= 4 is 21.8 Å². The number of hydrogen-bond donors (Lipinski definition) is 2. The third kappa shape index (κ3) is 7.61. The zero-order valence-corrected chi connectivity index (χ0v) is 20.0. The Kier molecular flexibility index (Phi) is 9.50. The highest BCUT2D eigenvalue weighted by molar-refractivity contribution is 7.89. The summed E-state index contributed by atoms with van der Waals surface area (Å²) in [5.41, 5.74) is 0.958. The number of piperidine rings is 1. The summed E-state index contributed by atoms with van der Waals surface area (Å²) in [5, 5.41) is 2.76. The Bertz CT molecular complexity index is 837. The second-order valence-electron chi connectivity index (χ2n) is 8.80. The molecule has 2 amide bonds. The zero-order chi connectivity index (χ0) is 23.0. The van der Waals surface area contributed by atoms with Gasteiger partial charge in [0.05, 0.1) is 4.90 Å². The number of hydrogen-bond acceptors (Lipinski definition) is 4. The molecule has 0 unspecified atom stereocenters. The third-order valence-electron chi connectivity index (χ3n) is 5.71. The van der Waals surface area contributed by atoms with Gasteiger partial charge in [-0.2, -0.15) is 4.72 Å². The van der Waals surface area contributed by atoms with Crippen molar-refractivity contribution < 1.29 is 18.0 Å². The van der Waals surface area contributed by atoms with Crippen LogP contribution in [0.1, 0.15) is 64.9 Å². The standard InChI is InChI=1S/C23H37N3O4S/c1-5-19-8-6-7-15-26(19)22(27)13-14-24-23(28)21(16-17(2)3)25-31(29,30)20-11-9-18(4)10-12-20/h9-12,17,19,21,25H,5-8,13-16H2,1-4H3,(H,24,28)/t19-,21-/m0/s1. The average Bonchev–Trinajstić information content (AvgIpc) is 2.72. The molecule has 0 aromatic heterocycles. The van der Waals surface area contributed by atoms with Gasteiger partial charge in [-0.1, -0.05) is 38.5 Å². The molecule has 1 saturated heterocycles. The molecule has 1 aromatic carbocycles. The van der Waals surface area contributed by atoms with Crippen LogP contribution in [-0.4, -0.2) is 50.3 Å². The van der Waals surface area contributed by atoms with E-state index in [9.17, 15) is 18.0 Å². The van der Waals surface area contributed by atoms with E-state index in [1.807, 2.05) is 25.7 Å². The molecule has 31 heavy (non-hydrogen) atoms. The molecule has 174 valence electrons. The van der Waals surface area contributed by atoms with Crippen LogP contribution in [0.4, 0.5) is 0 Å². The molecule has 2 N–H and O–H groups in total. The minimum atomic E-state index is -3.82. The van der Waals surface area contributed by atoms with Gasteiger partial charge in [-0.3, -0.25) is 9.59 Å².